The Morgan fingerprint density at radius 2 is 1.11 bits per heavy atom. The lowest BCUT2D eigenvalue weighted by atomic mass is 9.77. The number of nitrogens with zero attached hydrogens (tertiary/aromatic N) is 1. The lowest BCUT2D eigenvalue weighted by Crippen LogP contribution is -2.49. The molecule has 0 saturated heterocycles. The van der Waals surface area contributed by atoms with E-state index in [-0.39, 0.29) is 23.7 Å². The molecule has 5 nitrogen and oxygen atoms in total. The minimum atomic E-state index is -1.04. The summed E-state index contributed by atoms with van der Waals surface area (Å²) in [4.78, 5) is 30.4. The van der Waals surface area contributed by atoms with Crippen LogP contribution in [0.1, 0.15) is 99.1 Å². The van der Waals surface area contributed by atoms with Crippen molar-refractivity contribution in [1.82, 2.24) is 0 Å². The lowest BCUT2D eigenvalue weighted by Gasteiger charge is -2.37. The number of imide groups is 1. The third kappa shape index (κ3) is 4.30. The molecule has 0 bridgehead atoms. The molecule has 1 aliphatic heterocycles. The van der Waals surface area contributed by atoms with Gasteiger partial charge >= 0.3 is 7.48 Å². The second-order valence-electron chi connectivity index (χ2n) is 14.3. The number of fused-ring (bicyclic) bond motifs is 2. The van der Waals surface area contributed by atoms with Crippen molar-refractivity contribution in [2.45, 2.75) is 78.4 Å². The molecule has 0 spiro atoms. The Kier molecular flexibility index (Phi) is 6.86. The van der Waals surface area contributed by atoms with Gasteiger partial charge in [-0.05, 0) is 106 Å². The summed E-state index contributed by atoms with van der Waals surface area (Å²) in [5, 5.41) is 18.5. The summed E-state index contributed by atoms with van der Waals surface area (Å²) >= 11 is 0. The summed E-state index contributed by atoms with van der Waals surface area (Å²) in [5.74, 6) is -0.290. The summed E-state index contributed by atoms with van der Waals surface area (Å²) in [7, 11) is 1.74. The van der Waals surface area contributed by atoms with Crippen molar-refractivity contribution in [3.8, 4) is 0 Å². The molecule has 231 valence electrons. The predicted octanol–water partition coefficient (Wildman–Crippen LogP) is 8.60. The molecule has 46 heavy (non-hydrogen) atoms. The lowest BCUT2D eigenvalue weighted by molar-refractivity contribution is -0.0893. The van der Waals surface area contributed by atoms with Crippen LogP contribution in [0.2, 0.25) is 0 Å². The summed E-state index contributed by atoms with van der Waals surface area (Å²) in [6.07, 6.45) is 0. The molecule has 2 amide bonds. The maximum Gasteiger partial charge on any atom is 0.331 e. The van der Waals surface area contributed by atoms with Crippen molar-refractivity contribution in [2.75, 3.05) is 4.90 Å². The van der Waals surface area contributed by atoms with E-state index in [1.807, 2.05) is 68.4 Å². The van der Waals surface area contributed by atoms with Gasteiger partial charge in [0.1, 0.15) is 0 Å². The first-order valence-electron chi connectivity index (χ1n) is 16.1. The van der Waals surface area contributed by atoms with Crippen LogP contribution in [0.25, 0.3) is 43.1 Å². The fraction of sp³-hybridized carbons (Fsp3) is 0.300. The monoisotopic (exact) mass is 608 g/mol. The van der Waals surface area contributed by atoms with Gasteiger partial charge in [0.25, 0.3) is 11.8 Å². The molecule has 0 atom stereocenters. The number of aliphatic hydroxyl groups is 1. The standard InChI is InChI=1S/C40H39BNO4/c1-21(2)23-11-9-12-24(22(3)4)36(23)42-37(43)30-17-15-27-25-13-10-14-29-32(41-46-40(7,8)39(5,6)45)20-19-26(33(25)29)28-16-18-31(38(42)44)35(30)34(27)28/h9-22,45H,1-8H3. The van der Waals surface area contributed by atoms with Gasteiger partial charge < -0.3 is 9.76 Å². The number of hydrogen-bond acceptors (Lipinski definition) is 4. The molecule has 0 unspecified atom stereocenters. The van der Waals surface area contributed by atoms with E-state index in [0.717, 1.165) is 65.4 Å². The Labute approximate surface area is 270 Å². The van der Waals surface area contributed by atoms with Gasteiger partial charge in [-0.1, -0.05) is 88.4 Å². The molecule has 1 N–H and O–H groups in total. The van der Waals surface area contributed by atoms with Gasteiger partial charge in [-0.3, -0.25) is 9.59 Å². The molecule has 6 aromatic rings. The summed E-state index contributed by atoms with van der Waals surface area (Å²) in [6, 6.07) is 24.3. The van der Waals surface area contributed by atoms with Crippen molar-refractivity contribution in [2.24, 2.45) is 0 Å². The van der Waals surface area contributed by atoms with Crippen LogP contribution in [0.15, 0.2) is 72.8 Å². The number of amides is 2. The molecule has 1 heterocycles. The van der Waals surface area contributed by atoms with Crippen LogP contribution in [0.4, 0.5) is 5.69 Å². The molecule has 1 radical (unpaired) electrons. The van der Waals surface area contributed by atoms with E-state index in [1.54, 1.807) is 21.3 Å². The average molecular weight is 609 g/mol. The quantitative estimate of drug-likeness (QED) is 0.0853. The summed E-state index contributed by atoms with van der Waals surface area (Å²) in [6.45, 7) is 15.6. The minimum absolute atomic E-state index is 0.136. The maximum atomic E-state index is 14.5. The average Bonchev–Trinajstić information content (AvgIpc) is 3.01. The van der Waals surface area contributed by atoms with Crippen LogP contribution in [-0.4, -0.2) is 35.6 Å². The second kappa shape index (κ2) is 10.4. The van der Waals surface area contributed by atoms with Crippen LogP contribution >= 0.6 is 0 Å². The van der Waals surface area contributed by atoms with E-state index in [1.165, 1.54) is 4.90 Å². The van der Waals surface area contributed by atoms with E-state index in [4.69, 9.17) is 4.65 Å². The van der Waals surface area contributed by atoms with Gasteiger partial charge in [0.2, 0.25) is 0 Å². The fourth-order valence-corrected chi connectivity index (χ4v) is 6.94. The Morgan fingerprint density at radius 1 is 0.630 bits per heavy atom. The number of benzene rings is 6. The summed E-state index contributed by atoms with van der Waals surface area (Å²) < 4.78 is 6.16. The van der Waals surface area contributed by atoms with Crippen molar-refractivity contribution >= 4 is 73.5 Å². The number of hydrogen-bond donors (Lipinski definition) is 1. The predicted molar refractivity (Wildman–Crippen MR) is 190 cm³/mol. The Morgan fingerprint density at radius 3 is 1.65 bits per heavy atom. The van der Waals surface area contributed by atoms with E-state index in [0.29, 0.717) is 11.1 Å². The molecule has 6 heteroatoms. The van der Waals surface area contributed by atoms with Crippen molar-refractivity contribution in [1.29, 1.82) is 0 Å². The molecule has 6 aromatic carbocycles. The first-order chi connectivity index (χ1) is 21.7. The highest BCUT2D eigenvalue weighted by molar-refractivity contribution is 6.53. The first-order valence-corrected chi connectivity index (χ1v) is 16.1. The first kappa shape index (κ1) is 30.4. The highest BCUT2D eigenvalue weighted by atomic mass is 16.5. The van der Waals surface area contributed by atoms with Gasteiger partial charge in [0, 0.05) is 16.5 Å². The van der Waals surface area contributed by atoms with Crippen molar-refractivity contribution in [3.05, 3.63) is 95.1 Å². The number of carbonyl (C=O) groups excluding carboxylic acids is 2. The molecular formula is C40H39BNO4. The normalized spacial score (nSPS) is 14.3. The molecule has 7 rings (SSSR count). The molecular weight excluding hydrogens is 569 g/mol. The number of carbonyl (C=O) groups is 2. The maximum absolute atomic E-state index is 14.5. The van der Waals surface area contributed by atoms with E-state index >= 15 is 0 Å². The van der Waals surface area contributed by atoms with Crippen LogP contribution in [0.3, 0.4) is 0 Å². The SMILES string of the molecule is CC(C)c1cccc(C(C)C)c1N1C(=O)c2ccc3c4cccc5c([B]OC(C)(C)C(C)(C)O)ccc(c6ccc(c2c36)C1=O)c54. The third-order valence-corrected chi connectivity index (χ3v) is 10.2. The molecule has 0 aromatic heterocycles. The van der Waals surface area contributed by atoms with Crippen LogP contribution in [0, 0.1) is 0 Å². The Bertz CT molecular complexity index is 2130. The topological polar surface area (TPSA) is 66.8 Å². The smallest absolute Gasteiger partial charge is 0.331 e. The number of rotatable bonds is 7. The van der Waals surface area contributed by atoms with Gasteiger partial charge in [-0.25, -0.2) is 4.90 Å². The molecule has 0 aliphatic carbocycles. The van der Waals surface area contributed by atoms with E-state index in [2.05, 4.69) is 45.9 Å². The molecule has 0 saturated carbocycles. The van der Waals surface area contributed by atoms with Gasteiger partial charge in [-0.2, -0.15) is 0 Å². The number of anilines is 1. The van der Waals surface area contributed by atoms with Gasteiger partial charge in [0.15, 0.2) is 0 Å². The zero-order valence-corrected chi connectivity index (χ0v) is 27.8. The summed E-state index contributed by atoms with van der Waals surface area (Å²) in [5.41, 5.74) is 2.87. The van der Waals surface area contributed by atoms with Crippen LogP contribution in [0.5, 0.6) is 0 Å². The van der Waals surface area contributed by atoms with Crippen molar-refractivity contribution < 1.29 is 19.3 Å². The Hall–Kier alpha value is -4.26. The third-order valence-electron chi connectivity index (χ3n) is 10.2. The van der Waals surface area contributed by atoms with E-state index < -0.39 is 11.2 Å². The fourth-order valence-electron chi connectivity index (χ4n) is 6.94. The van der Waals surface area contributed by atoms with Crippen LogP contribution < -0.4 is 10.4 Å². The molecule has 0 fully saturated rings. The second-order valence-corrected chi connectivity index (χ2v) is 14.3. The van der Waals surface area contributed by atoms with Gasteiger partial charge in [0.05, 0.1) is 16.9 Å². The molecule has 1 aliphatic rings. The van der Waals surface area contributed by atoms with E-state index in [9.17, 15) is 14.7 Å². The van der Waals surface area contributed by atoms with Gasteiger partial charge in [-0.15, -0.1) is 0 Å². The number of para-hydroxylation sites is 1. The minimum Gasteiger partial charge on any atom is -0.427 e. The highest BCUT2D eigenvalue weighted by Crippen LogP contribution is 2.46. The zero-order valence-electron chi connectivity index (χ0n) is 27.8. The Balaban J connectivity index is 1.45. The highest BCUT2D eigenvalue weighted by Gasteiger charge is 2.38. The van der Waals surface area contributed by atoms with Crippen LogP contribution in [-0.2, 0) is 4.65 Å². The largest absolute Gasteiger partial charge is 0.427 e. The van der Waals surface area contributed by atoms with Crippen molar-refractivity contribution in [3.63, 3.8) is 0 Å². The zero-order chi connectivity index (χ0) is 32.9.